The predicted octanol–water partition coefficient (Wildman–Crippen LogP) is 2.51. The van der Waals surface area contributed by atoms with E-state index < -0.39 is 10.0 Å². The van der Waals surface area contributed by atoms with Gasteiger partial charge in [0, 0.05) is 13.0 Å². The van der Waals surface area contributed by atoms with Crippen molar-refractivity contribution < 1.29 is 17.9 Å². The van der Waals surface area contributed by atoms with Crippen LogP contribution in [0.2, 0.25) is 0 Å². The van der Waals surface area contributed by atoms with E-state index in [1.165, 1.54) is 19.1 Å². The van der Waals surface area contributed by atoms with Crippen LogP contribution in [0.4, 0.5) is 5.69 Å². The molecule has 1 rings (SSSR count). The highest BCUT2D eigenvalue weighted by Gasteiger charge is 2.19. The molecule has 2 N–H and O–H groups in total. The molecule has 0 aliphatic carbocycles. The number of benzene rings is 1. The fraction of sp³-hybridized carbons (Fsp3) is 0.533. The second-order valence-electron chi connectivity index (χ2n) is 5.08. The van der Waals surface area contributed by atoms with Crippen LogP contribution in [0.3, 0.4) is 0 Å². The lowest BCUT2D eigenvalue weighted by atomic mass is 10.2. The van der Waals surface area contributed by atoms with E-state index in [2.05, 4.69) is 10.0 Å². The summed E-state index contributed by atoms with van der Waals surface area (Å²) in [5.41, 5.74) is 0.348. The summed E-state index contributed by atoms with van der Waals surface area (Å²) in [5, 5.41) is 2.59. The minimum atomic E-state index is -3.63. The van der Waals surface area contributed by atoms with Gasteiger partial charge in [-0.25, -0.2) is 13.1 Å². The van der Waals surface area contributed by atoms with Crippen LogP contribution in [0, 0.1) is 0 Å². The van der Waals surface area contributed by atoms with Crippen molar-refractivity contribution in [2.75, 3.05) is 11.9 Å². The molecule has 0 saturated heterocycles. The first kappa shape index (κ1) is 18.4. The van der Waals surface area contributed by atoms with Crippen LogP contribution in [0.15, 0.2) is 23.1 Å². The van der Waals surface area contributed by atoms with Gasteiger partial charge in [0.15, 0.2) is 0 Å². The number of carbonyl (C=O) groups is 1. The van der Waals surface area contributed by atoms with Crippen molar-refractivity contribution in [2.24, 2.45) is 0 Å². The van der Waals surface area contributed by atoms with E-state index in [4.69, 9.17) is 4.74 Å². The van der Waals surface area contributed by atoms with E-state index in [0.717, 1.165) is 12.8 Å². The Morgan fingerprint density at radius 1 is 1.32 bits per heavy atom. The van der Waals surface area contributed by atoms with Gasteiger partial charge in [-0.15, -0.1) is 0 Å². The SMILES string of the molecule is CCC[C@H](C)NS(=O)(=O)c1ccc(OCC)c(NC(C)=O)c1. The van der Waals surface area contributed by atoms with Gasteiger partial charge in [-0.1, -0.05) is 13.3 Å². The highest BCUT2D eigenvalue weighted by atomic mass is 32.2. The monoisotopic (exact) mass is 328 g/mol. The van der Waals surface area contributed by atoms with Crippen molar-refractivity contribution in [3.63, 3.8) is 0 Å². The Labute approximate surface area is 132 Å². The van der Waals surface area contributed by atoms with Crippen molar-refractivity contribution >= 4 is 21.6 Å². The van der Waals surface area contributed by atoms with E-state index in [1.54, 1.807) is 6.07 Å². The summed E-state index contributed by atoms with van der Waals surface area (Å²) in [6.45, 7) is 7.42. The maximum absolute atomic E-state index is 12.4. The average molecular weight is 328 g/mol. The van der Waals surface area contributed by atoms with Crippen LogP contribution >= 0.6 is 0 Å². The van der Waals surface area contributed by atoms with Gasteiger partial charge in [-0.05, 0) is 38.5 Å². The summed E-state index contributed by atoms with van der Waals surface area (Å²) in [6.07, 6.45) is 1.65. The Kier molecular flexibility index (Phi) is 6.83. The molecule has 124 valence electrons. The van der Waals surface area contributed by atoms with Crippen molar-refractivity contribution in [2.45, 2.75) is 51.5 Å². The number of amides is 1. The number of carbonyl (C=O) groups excluding carboxylic acids is 1. The molecule has 0 bridgehead atoms. The maximum Gasteiger partial charge on any atom is 0.240 e. The van der Waals surface area contributed by atoms with Gasteiger partial charge in [0.2, 0.25) is 15.9 Å². The molecule has 0 saturated carbocycles. The summed E-state index contributed by atoms with van der Waals surface area (Å²) >= 11 is 0. The molecule has 7 heteroatoms. The first-order valence-electron chi connectivity index (χ1n) is 7.37. The van der Waals surface area contributed by atoms with Crippen LogP contribution in [0.25, 0.3) is 0 Å². The molecule has 1 aromatic carbocycles. The Bertz CT molecular complexity index is 614. The first-order chi connectivity index (χ1) is 10.3. The molecule has 0 radical (unpaired) electrons. The van der Waals surface area contributed by atoms with E-state index in [0.29, 0.717) is 18.0 Å². The number of sulfonamides is 1. The quantitative estimate of drug-likeness (QED) is 0.768. The molecule has 1 amide bonds. The third kappa shape index (κ3) is 5.31. The third-order valence-corrected chi connectivity index (χ3v) is 4.54. The summed E-state index contributed by atoms with van der Waals surface area (Å²) in [6, 6.07) is 4.28. The third-order valence-electron chi connectivity index (χ3n) is 2.95. The fourth-order valence-corrected chi connectivity index (χ4v) is 3.37. The number of nitrogens with one attached hydrogen (secondary N) is 2. The molecule has 0 aliphatic rings. The topological polar surface area (TPSA) is 84.5 Å². The Hall–Kier alpha value is -1.60. The van der Waals surface area contributed by atoms with Crippen LogP contribution in [0.5, 0.6) is 5.75 Å². The number of anilines is 1. The van der Waals surface area contributed by atoms with Gasteiger partial charge in [0.1, 0.15) is 5.75 Å². The molecule has 0 heterocycles. The second-order valence-corrected chi connectivity index (χ2v) is 6.80. The van der Waals surface area contributed by atoms with Crippen LogP contribution in [0.1, 0.15) is 40.5 Å². The largest absolute Gasteiger partial charge is 0.492 e. The lowest BCUT2D eigenvalue weighted by Gasteiger charge is -2.15. The number of hydrogen-bond acceptors (Lipinski definition) is 4. The molecule has 0 fully saturated rings. The molecular formula is C15H24N2O4S. The average Bonchev–Trinajstić information content (AvgIpc) is 2.39. The Balaban J connectivity index is 3.11. The molecule has 6 nitrogen and oxygen atoms in total. The lowest BCUT2D eigenvalue weighted by molar-refractivity contribution is -0.114. The van der Waals surface area contributed by atoms with Crippen molar-refractivity contribution in [3.05, 3.63) is 18.2 Å². The molecule has 0 aromatic heterocycles. The molecule has 1 aromatic rings. The highest BCUT2D eigenvalue weighted by molar-refractivity contribution is 7.89. The van der Waals surface area contributed by atoms with E-state index in [9.17, 15) is 13.2 Å². The number of hydrogen-bond donors (Lipinski definition) is 2. The minimum absolute atomic E-state index is 0.0997. The molecule has 0 unspecified atom stereocenters. The van der Waals surface area contributed by atoms with Gasteiger partial charge in [-0.3, -0.25) is 4.79 Å². The summed E-state index contributed by atoms with van der Waals surface area (Å²) in [7, 11) is -3.63. The summed E-state index contributed by atoms with van der Waals surface area (Å²) in [5.74, 6) is 0.154. The smallest absolute Gasteiger partial charge is 0.240 e. The van der Waals surface area contributed by atoms with E-state index in [1.807, 2.05) is 20.8 Å². The van der Waals surface area contributed by atoms with Gasteiger partial charge in [0.25, 0.3) is 0 Å². The molecule has 1 atom stereocenters. The first-order valence-corrected chi connectivity index (χ1v) is 8.85. The number of ether oxygens (including phenoxy) is 1. The molecule has 0 aliphatic heterocycles. The molecule has 22 heavy (non-hydrogen) atoms. The van der Waals surface area contributed by atoms with Crippen LogP contribution < -0.4 is 14.8 Å². The highest BCUT2D eigenvalue weighted by Crippen LogP contribution is 2.28. The second kappa shape index (κ2) is 8.14. The van der Waals surface area contributed by atoms with Crippen molar-refractivity contribution in [1.82, 2.24) is 4.72 Å². The fourth-order valence-electron chi connectivity index (χ4n) is 2.07. The summed E-state index contributed by atoms with van der Waals surface area (Å²) in [4.78, 5) is 11.4. The molecule has 0 spiro atoms. The van der Waals surface area contributed by atoms with Gasteiger partial charge in [-0.2, -0.15) is 0 Å². The van der Waals surface area contributed by atoms with Crippen LogP contribution in [-0.4, -0.2) is 27.0 Å². The summed E-state index contributed by atoms with van der Waals surface area (Å²) < 4.78 is 32.7. The maximum atomic E-state index is 12.4. The van der Waals surface area contributed by atoms with Gasteiger partial charge >= 0.3 is 0 Å². The minimum Gasteiger partial charge on any atom is -0.492 e. The lowest BCUT2D eigenvalue weighted by Crippen LogP contribution is -2.32. The predicted molar refractivity (Wildman–Crippen MR) is 86.6 cm³/mol. The van der Waals surface area contributed by atoms with Crippen molar-refractivity contribution in [1.29, 1.82) is 0 Å². The zero-order valence-corrected chi connectivity index (χ0v) is 14.3. The zero-order chi connectivity index (χ0) is 16.8. The Morgan fingerprint density at radius 2 is 2.00 bits per heavy atom. The van der Waals surface area contributed by atoms with Crippen LogP contribution in [-0.2, 0) is 14.8 Å². The van der Waals surface area contributed by atoms with Gasteiger partial charge in [0.05, 0.1) is 17.2 Å². The van der Waals surface area contributed by atoms with E-state index >= 15 is 0 Å². The standard InChI is InChI=1S/C15H24N2O4S/c1-5-7-11(3)17-22(19,20)13-8-9-15(21-6-2)14(10-13)16-12(4)18/h8-11,17H,5-7H2,1-4H3,(H,16,18)/t11-/m0/s1. The van der Waals surface area contributed by atoms with Gasteiger partial charge < -0.3 is 10.1 Å². The molecular weight excluding hydrogens is 304 g/mol. The number of rotatable bonds is 8. The van der Waals surface area contributed by atoms with E-state index in [-0.39, 0.29) is 16.8 Å². The zero-order valence-electron chi connectivity index (χ0n) is 13.5. The van der Waals surface area contributed by atoms with Crippen molar-refractivity contribution in [3.8, 4) is 5.75 Å². The Morgan fingerprint density at radius 3 is 2.55 bits per heavy atom. The normalized spacial score (nSPS) is 12.7.